The Morgan fingerprint density at radius 2 is 0.802 bits per heavy atom. The van der Waals surface area contributed by atoms with Crippen LogP contribution in [0, 0.1) is 23.7 Å². The van der Waals surface area contributed by atoms with Crippen LogP contribution in [-0.4, -0.2) is 66.5 Å². The van der Waals surface area contributed by atoms with Crippen molar-refractivity contribution in [2.24, 2.45) is 29.4 Å². The predicted octanol–water partition coefficient (Wildman–Crippen LogP) is 15.6. The van der Waals surface area contributed by atoms with Gasteiger partial charge in [0.25, 0.3) is 0 Å². The predicted molar refractivity (Wildman–Crippen MR) is 336 cm³/mol. The average Bonchev–Trinajstić information content (AvgIpc) is 3.19. The molecule has 0 atom stereocenters. The summed E-state index contributed by atoms with van der Waals surface area (Å²) in [6, 6.07) is 45.1. The highest BCUT2D eigenvalue weighted by molar-refractivity contribution is 9.10. The van der Waals surface area contributed by atoms with Crippen LogP contribution in [0.25, 0.3) is 22.3 Å². The van der Waals surface area contributed by atoms with Crippen LogP contribution in [0.15, 0.2) is 150 Å². The summed E-state index contributed by atoms with van der Waals surface area (Å²) >= 11 is 6.96. The molecule has 0 heterocycles. The summed E-state index contributed by atoms with van der Waals surface area (Å²) in [6.45, 7) is 2.57. The number of alkyl halides is 7. The first-order chi connectivity index (χ1) is 41.4. The minimum Gasteiger partial charge on any atom is -0.493 e. The first kappa shape index (κ1) is 69.2. The fourth-order valence-corrected chi connectivity index (χ4v) is 11.6. The number of hydrogen-bond acceptors (Lipinski definition) is 8. The molecule has 4 aliphatic rings. The summed E-state index contributed by atoms with van der Waals surface area (Å²) in [7, 11) is -1.63. The van der Waals surface area contributed by atoms with E-state index in [1.807, 2.05) is 72.0 Å². The van der Waals surface area contributed by atoms with Crippen molar-refractivity contribution >= 4 is 56.3 Å². The highest BCUT2D eigenvalue weighted by atomic mass is 79.9. The summed E-state index contributed by atoms with van der Waals surface area (Å²) in [5.41, 5.74) is 12.3. The van der Waals surface area contributed by atoms with Crippen molar-refractivity contribution in [1.82, 2.24) is 10.6 Å². The molecule has 19 heteroatoms. The third-order valence-corrected chi connectivity index (χ3v) is 17.2. The van der Waals surface area contributed by atoms with E-state index in [9.17, 15) is 35.9 Å². The van der Waals surface area contributed by atoms with Gasteiger partial charge < -0.3 is 40.6 Å². The maximum atomic E-state index is 12.2. The molecule has 0 aromatic heterocycles. The summed E-state index contributed by atoms with van der Waals surface area (Å²) in [6.07, 6.45) is 11.8. The highest BCUT2D eigenvalue weighted by Gasteiger charge is 2.39. The lowest BCUT2D eigenvalue weighted by Crippen LogP contribution is -2.36. The Morgan fingerprint density at radius 1 is 0.477 bits per heavy atom. The van der Waals surface area contributed by atoms with E-state index in [1.54, 1.807) is 17.4 Å². The normalized spacial score (nSPS) is 15.3. The number of halogens is 8. The number of carbonyl (C=O) groups excluding carboxylic acids is 2. The van der Waals surface area contributed by atoms with Crippen molar-refractivity contribution in [1.29, 1.82) is 0 Å². The molecule has 2 amide bonds. The molecule has 0 radical (unpaired) electrons. The Bertz CT molecular complexity index is 2910. The van der Waals surface area contributed by atoms with Crippen LogP contribution in [0.5, 0.6) is 17.2 Å². The lowest BCUT2D eigenvalue weighted by molar-refractivity contribution is -0.173. The Hall–Kier alpha value is -5.86. The number of amides is 2. The molecule has 0 saturated heterocycles. The van der Waals surface area contributed by atoms with Gasteiger partial charge in [-0.3, -0.25) is 9.59 Å². The molecule has 0 unspecified atom stereocenters. The van der Waals surface area contributed by atoms with E-state index >= 15 is 0 Å². The highest BCUT2D eigenvalue weighted by Crippen LogP contribution is 2.35. The Morgan fingerprint density at radius 3 is 1.14 bits per heavy atom. The van der Waals surface area contributed by atoms with Gasteiger partial charge in [0.15, 0.2) is 0 Å². The molecule has 4 saturated carbocycles. The molecule has 0 aliphatic heterocycles. The number of rotatable bonds is 18. The van der Waals surface area contributed by atoms with E-state index in [0.717, 1.165) is 69.4 Å². The molecular formula is C67H80BBr2F6N3O7. The first-order valence-corrected chi connectivity index (χ1v) is 31.7. The van der Waals surface area contributed by atoms with E-state index < -0.39 is 31.3 Å². The number of carbonyl (C=O) groups is 2. The van der Waals surface area contributed by atoms with E-state index in [1.165, 1.54) is 143 Å². The van der Waals surface area contributed by atoms with Gasteiger partial charge in [-0.15, -0.1) is 0 Å². The van der Waals surface area contributed by atoms with Crippen LogP contribution in [0.1, 0.15) is 119 Å². The Labute approximate surface area is 519 Å². The smallest absolute Gasteiger partial charge is 0.488 e. The first-order valence-electron chi connectivity index (χ1n) is 29.8. The third-order valence-electron chi connectivity index (χ3n) is 15.6. The lowest BCUT2D eigenvalue weighted by Gasteiger charge is -2.15. The topological polar surface area (TPSA) is 152 Å². The minimum absolute atomic E-state index is 0.168. The van der Waals surface area contributed by atoms with Crippen molar-refractivity contribution in [3.8, 4) is 39.5 Å². The van der Waals surface area contributed by atoms with Crippen molar-refractivity contribution in [2.75, 3.05) is 25.2 Å². The molecule has 10 nitrogen and oxygen atoms in total. The second-order valence-electron chi connectivity index (χ2n) is 22.2. The molecule has 6 aromatic rings. The van der Waals surface area contributed by atoms with Crippen molar-refractivity contribution in [3.05, 3.63) is 167 Å². The number of nitrogens with two attached hydrogens (primary N) is 1. The molecule has 4 fully saturated rings. The van der Waals surface area contributed by atoms with Gasteiger partial charge in [-0.05, 0) is 149 Å². The number of ether oxygens (including phenoxy) is 3. The van der Waals surface area contributed by atoms with Crippen LogP contribution in [0.3, 0.4) is 0 Å². The lowest BCUT2D eigenvalue weighted by atomic mass is 9.80. The van der Waals surface area contributed by atoms with E-state index in [2.05, 4.69) is 74.3 Å². The quantitative estimate of drug-likeness (QED) is 0.0324. The van der Waals surface area contributed by atoms with Gasteiger partial charge in [0.05, 0.1) is 24.3 Å². The van der Waals surface area contributed by atoms with Crippen LogP contribution in [0.2, 0.25) is 0 Å². The maximum Gasteiger partial charge on any atom is 0.488 e. The molecule has 6 aromatic carbocycles. The molecule has 6 N–H and O–H groups in total. The zero-order valence-corrected chi connectivity index (χ0v) is 51.7. The maximum absolute atomic E-state index is 12.2. The van der Waals surface area contributed by atoms with Crippen LogP contribution in [0.4, 0.5) is 26.3 Å². The third kappa shape index (κ3) is 24.4. The van der Waals surface area contributed by atoms with Crippen molar-refractivity contribution < 1.29 is 60.2 Å². The Balaban J connectivity index is 0.000000181. The molecular weight excluding hydrogens is 1240 g/mol. The van der Waals surface area contributed by atoms with E-state index in [0.29, 0.717) is 30.2 Å². The summed E-state index contributed by atoms with van der Waals surface area (Å²) < 4.78 is 91.2. The second-order valence-corrected chi connectivity index (χ2v) is 23.7. The van der Waals surface area contributed by atoms with E-state index in [4.69, 9.17) is 30.0 Å². The molecule has 4 aliphatic carbocycles. The monoisotopic (exact) mass is 1320 g/mol. The van der Waals surface area contributed by atoms with Crippen molar-refractivity contribution in [3.63, 3.8) is 0 Å². The fraction of sp³-hybridized carbons (Fsp3) is 0.433. The fourth-order valence-electron chi connectivity index (χ4n) is 10.5. The van der Waals surface area contributed by atoms with Crippen LogP contribution < -0.4 is 36.0 Å². The van der Waals surface area contributed by atoms with Crippen molar-refractivity contribution in [2.45, 2.75) is 135 Å². The molecule has 86 heavy (non-hydrogen) atoms. The largest absolute Gasteiger partial charge is 0.493 e. The van der Waals surface area contributed by atoms with Gasteiger partial charge >= 0.3 is 31.3 Å². The Kier molecular flexibility index (Phi) is 29.4. The van der Waals surface area contributed by atoms with Gasteiger partial charge in [-0.1, -0.05) is 189 Å². The van der Waals surface area contributed by atoms with Crippen LogP contribution in [-0.2, 0) is 29.2 Å². The molecule has 0 bridgehead atoms. The zero-order valence-electron chi connectivity index (χ0n) is 48.5. The van der Waals surface area contributed by atoms with Gasteiger partial charge in [0.2, 0.25) is 0 Å². The van der Waals surface area contributed by atoms with Gasteiger partial charge in [0.1, 0.15) is 17.2 Å². The minimum atomic E-state index is -4.90. The SMILES string of the molecule is BrCC1CCCC1.Brc1ccccc1OCC1CCCC1.NCc1ccc(-c2ccccc2OCC2CCCC2)cc1.O=C(NCc1ccc(-c2ccccc2OCC2CCCC2)cc1)C(F)(F)F.O=C(NCc1ccc(B(O)O)cc1)C(F)(F)F. The summed E-state index contributed by atoms with van der Waals surface area (Å²) in [5.74, 6) is 1.96. The van der Waals surface area contributed by atoms with Gasteiger partial charge in [-0.25, -0.2) is 0 Å². The number of hydrogen-bond donors (Lipinski definition) is 5. The van der Waals surface area contributed by atoms with Gasteiger partial charge in [0, 0.05) is 36.1 Å². The average molecular weight is 1320 g/mol. The molecule has 464 valence electrons. The molecule has 10 rings (SSSR count). The zero-order chi connectivity index (χ0) is 61.7. The standard InChI is InChI=1S/C21H22F3NO2.C19H23NO.C12H15BrO.C9H9BF3NO3.C6H11Br/c22-21(23,24)20(26)25-13-15-9-11-17(12-10-15)18-7-3-4-8-19(18)27-14-16-5-1-2-6-16;20-13-15-9-11-17(12-10-15)18-7-3-4-8-19(18)21-14-16-5-1-2-6-16;13-11-7-3-4-8-12(11)14-9-10-5-1-2-6-10;11-9(12,13)8(15)14-5-6-1-3-7(4-2-6)10(16)17;7-5-6-3-1-2-4-6/h3-4,7-12,16H,1-2,5-6,13-14H2,(H,25,26);3-4,7-12,16H,1-2,5-6,13-14,20H2;3-4,7-8,10H,1-2,5-6,9H2;1-4,16-17H,5H2,(H,14,15);6H,1-5H2. The molecule has 0 spiro atoms. The van der Waals surface area contributed by atoms with Gasteiger partial charge in [-0.2, -0.15) is 26.3 Å². The number of para-hydroxylation sites is 3. The van der Waals surface area contributed by atoms with E-state index in [-0.39, 0.29) is 18.6 Å². The number of nitrogens with one attached hydrogen (secondary N) is 2. The summed E-state index contributed by atoms with van der Waals surface area (Å²) in [5, 5.41) is 22.4. The summed E-state index contributed by atoms with van der Waals surface area (Å²) in [4.78, 5) is 21.4. The number of benzene rings is 6. The second kappa shape index (κ2) is 36.5. The van der Waals surface area contributed by atoms with Crippen LogP contribution >= 0.6 is 31.9 Å².